The van der Waals surface area contributed by atoms with Crippen molar-refractivity contribution in [1.82, 2.24) is 0 Å². The largest absolute Gasteiger partial charge is 0.455 e. The van der Waals surface area contributed by atoms with Gasteiger partial charge in [-0.25, -0.2) is 0 Å². The smallest absolute Gasteiger partial charge is 0.149 e. The molecule has 0 amide bonds. The van der Waals surface area contributed by atoms with E-state index in [2.05, 4.69) is 5.16 Å². The van der Waals surface area contributed by atoms with E-state index < -0.39 is 0 Å². The standard InChI is InChI=1S/C11H7Cl2NO2/c12-7-1-3-9(10(13)5-7)11-4-2-8(16-11)6-14-15/h1-6,15H/b14-6-. The Morgan fingerprint density at radius 2 is 2.00 bits per heavy atom. The van der Waals surface area contributed by atoms with E-state index in [4.69, 9.17) is 32.8 Å². The second kappa shape index (κ2) is 4.60. The van der Waals surface area contributed by atoms with Crippen molar-refractivity contribution >= 4 is 29.4 Å². The summed E-state index contributed by atoms with van der Waals surface area (Å²) in [6.45, 7) is 0. The third kappa shape index (κ3) is 2.21. The Labute approximate surface area is 102 Å². The second-order valence-electron chi connectivity index (χ2n) is 3.07. The highest BCUT2D eigenvalue weighted by Gasteiger charge is 2.08. The molecule has 0 aliphatic carbocycles. The second-order valence-corrected chi connectivity index (χ2v) is 3.91. The van der Waals surface area contributed by atoms with Crippen LogP contribution in [0, 0.1) is 0 Å². The van der Waals surface area contributed by atoms with Crippen LogP contribution >= 0.6 is 23.2 Å². The van der Waals surface area contributed by atoms with E-state index in [1.54, 1.807) is 30.3 Å². The molecule has 2 aromatic rings. The summed E-state index contributed by atoms with van der Waals surface area (Å²) in [5.41, 5.74) is 0.739. The fourth-order valence-corrected chi connectivity index (χ4v) is 1.81. The molecule has 1 aromatic heterocycles. The number of hydrogen-bond donors (Lipinski definition) is 1. The van der Waals surface area contributed by atoms with Gasteiger partial charge in [-0.1, -0.05) is 28.4 Å². The first kappa shape index (κ1) is 11.0. The molecule has 82 valence electrons. The molecule has 1 aromatic carbocycles. The fourth-order valence-electron chi connectivity index (χ4n) is 1.31. The van der Waals surface area contributed by atoms with Gasteiger partial charge in [-0.15, -0.1) is 0 Å². The lowest BCUT2D eigenvalue weighted by molar-refractivity contribution is 0.321. The summed E-state index contributed by atoms with van der Waals surface area (Å²) in [5.74, 6) is 1.04. The summed E-state index contributed by atoms with van der Waals surface area (Å²) in [7, 11) is 0. The van der Waals surface area contributed by atoms with Gasteiger partial charge in [0.25, 0.3) is 0 Å². The lowest BCUT2D eigenvalue weighted by atomic mass is 10.2. The van der Waals surface area contributed by atoms with E-state index in [0.717, 1.165) is 5.56 Å². The van der Waals surface area contributed by atoms with Crippen LogP contribution in [0.4, 0.5) is 0 Å². The molecule has 0 saturated carbocycles. The molecule has 0 fully saturated rings. The highest BCUT2D eigenvalue weighted by atomic mass is 35.5. The molecule has 0 unspecified atom stereocenters. The van der Waals surface area contributed by atoms with Gasteiger partial charge in [0.2, 0.25) is 0 Å². The molecule has 3 nitrogen and oxygen atoms in total. The predicted octanol–water partition coefficient (Wildman–Crippen LogP) is 4.06. The molecule has 2 rings (SSSR count). The maximum Gasteiger partial charge on any atom is 0.149 e. The summed E-state index contributed by atoms with van der Waals surface area (Å²) in [4.78, 5) is 0. The molecule has 5 heteroatoms. The van der Waals surface area contributed by atoms with Gasteiger partial charge < -0.3 is 9.62 Å². The first-order valence-electron chi connectivity index (χ1n) is 4.43. The van der Waals surface area contributed by atoms with Crippen molar-refractivity contribution in [2.45, 2.75) is 0 Å². The SMILES string of the molecule is O/N=C\c1ccc(-c2ccc(Cl)cc2Cl)o1. The van der Waals surface area contributed by atoms with Crippen molar-refractivity contribution in [3.8, 4) is 11.3 Å². The molecule has 0 saturated heterocycles. The number of hydrogen-bond acceptors (Lipinski definition) is 3. The maximum atomic E-state index is 8.36. The number of oxime groups is 1. The van der Waals surface area contributed by atoms with Crippen molar-refractivity contribution in [2.24, 2.45) is 5.16 Å². The van der Waals surface area contributed by atoms with Gasteiger partial charge in [0, 0.05) is 10.6 Å². The van der Waals surface area contributed by atoms with E-state index in [1.807, 2.05) is 0 Å². The summed E-state index contributed by atoms with van der Waals surface area (Å²) >= 11 is 11.8. The minimum absolute atomic E-state index is 0.448. The van der Waals surface area contributed by atoms with Crippen molar-refractivity contribution in [2.75, 3.05) is 0 Å². The average Bonchev–Trinajstić information content (AvgIpc) is 2.67. The third-order valence-electron chi connectivity index (χ3n) is 2.01. The highest BCUT2D eigenvalue weighted by molar-refractivity contribution is 6.36. The molecule has 0 bridgehead atoms. The minimum atomic E-state index is 0.448. The van der Waals surface area contributed by atoms with Crippen LogP contribution in [-0.4, -0.2) is 11.4 Å². The molecule has 1 N–H and O–H groups in total. The maximum absolute atomic E-state index is 8.36. The normalized spacial score (nSPS) is 11.1. The van der Waals surface area contributed by atoms with Gasteiger partial charge in [0.1, 0.15) is 17.7 Å². The summed E-state index contributed by atoms with van der Waals surface area (Å²) in [6, 6.07) is 8.56. The van der Waals surface area contributed by atoms with Gasteiger partial charge >= 0.3 is 0 Å². The Balaban J connectivity index is 2.42. The predicted molar refractivity (Wildman–Crippen MR) is 63.5 cm³/mol. The lowest BCUT2D eigenvalue weighted by Gasteiger charge is -2.00. The molecule has 0 spiro atoms. The van der Waals surface area contributed by atoms with Crippen LogP contribution in [0.25, 0.3) is 11.3 Å². The highest BCUT2D eigenvalue weighted by Crippen LogP contribution is 2.31. The van der Waals surface area contributed by atoms with Crippen LogP contribution in [0.1, 0.15) is 5.76 Å². The van der Waals surface area contributed by atoms with Crippen LogP contribution in [0.5, 0.6) is 0 Å². The van der Waals surface area contributed by atoms with Gasteiger partial charge in [0.05, 0.1) is 5.02 Å². The molecule has 0 radical (unpaired) electrons. The molecule has 0 atom stereocenters. The van der Waals surface area contributed by atoms with E-state index >= 15 is 0 Å². The fraction of sp³-hybridized carbons (Fsp3) is 0. The van der Waals surface area contributed by atoms with E-state index in [-0.39, 0.29) is 0 Å². The summed E-state index contributed by atoms with van der Waals surface area (Å²) in [6.07, 6.45) is 1.20. The monoisotopic (exact) mass is 255 g/mol. The van der Waals surface area contributed by atoms with Gasteiger partial charge in [-0.3, -0.25) is 0 Å². The Hall–Kier alpha value is -1.45. The number of nitrogens with zero attached hydrogens (tertiary/aromatic N) is 1. The zero-order chi connectivity index (χ0) is 11.5. The van der Waals surface area contributed by atoms with Crippen LogP contribution in [0.2, 0.25) is 10.0 Å². The molecule has 1 heterocycles. The number of benzene rings is 1. The van der Waals surface area contributed by atoms with Crippen molar-refractivity contribution in [1.29, 1.82) is 0 Å². The Kier molecular flexibility index (Phi) is 3.17. The van der Waals surface area contributed by atoms with Gasteiger partial charge in [-0.2, -0.15) is 0 Å². The zero-order valence-electron chi connectivity index (χ0n) is 8.02. The summed E-state index contributed by atoms with van der Waals surface area (Å²) in [5, 5.41) is 12.3. The van der Waals surface area contributed by atoms with Crippen LogP contribution in [0.15, 0.2) is 39.9 Å². The molecule has 0 aliphatic heterocycles. The van der Waals surface area contributed by atoms with E-state index in [9.17, 15) is 0 Å². The number of halogens is 2. The first-order chi connectivity index (χ1) is 7.70. The Morgan fingerprint density at radius 1 is 1.19 bits per heavy atom. The van der Waals surface area contributed by atoms with Crippen LogP contribution < -0.4 is 0 Å². The summed E-state index contributed by atoms with van der Waals surface area (Å²) < 4.78 is 5.39. The third-order valence-corrected chi connectivity index (χ3v) is 2.56. The van der Waals surface area contributed by atoms with Crippen molar-refractivity contribution in [3.05, 3.63) is 46.1 Å². The van der Waals surface area contributed by atoms with Crippen LogP contribution in [-0.2, 0) is 0 Å². The van der Waals surface area contributed by atoms with Crippen molar-refractivity contribution in [3.63, 3.8) is 0 Å². The van der Waals surface area contributed by atoms with Crippen LogP contribution in [0.3, 0.4) is 0 Å². The zero-order valence-corrected chi connectivity index (χ0v) is 9.53. The van der Waals surface area contributed by atoms with Crippen molar-refractivity contribution < 1.29 is 9.62 Å². The van der Waals surface area contributed by atoms with E-state index in [0.29, 0.717) is 21.6 Å². The molecular formula is C11H7Cl2NO2. The van der Waals surface area contributed by atoms with Gasteiger partial charge in [0.15, 0.2) is 0 Å². The topological polar surface area (TPSA) is 45.7 Å². The quantitative estimate of drug-likeness (QED) is 0.500. The molecule has 16 heavy (non-hydrogen) atoms. The minimum Gasteiger partial charge on any atom is -0.455 e. The lowest BCUT2D eigenvalue weighted by Crippen LogP contribution is -1.77. The average molecular weight is 256 g/mol. The Morgan fingerprint density at radius 3 is 2.69 bits per heavy atom. The number of rotatable bonds is 2. The van der Waals surface area contributed by atoms with E-state index in [1.165, 1.54) is 6.21 Å². The van der Waals surface area contributed by atoms with Gasteiger partial charge in [-0.05, 0) is 30.3 Å². The Bertz CT molecular complexity index is 535. The first-order valence-corrected chi connectivity index (χ1v) is 5.19. The number of furan rings is 1. The molecule has 0 aliphatic rings. The molecular weight excluding hydrogens is 249 g/mol.